The van der Waals surface area contributed by atoms with Crippen molar-refractivity contribution in [2.45, 2.75) is 11.3 Å². The van der Waals surface area contributed by atoms with Crippen molar-refractivity contribution in [3.8, 4) is 16.9 Å². The van der Waals surface area contributed by atoms with Crippen LogP contribution < -0.4 is 5.63 Å². The van der Waals surface area contributed by atoms with Crippen LogP contribution in [-0.2, 0) is 16.3 Å². The third-order valence-corrected chi connectivity index (χ3v) is 7.23. The molecule has 0 fully saturated rings. The molecule has 6 aromatic rings. The molecule has 3 aromatic heterocycles. The van der Waals surface area contributed by atoms with Crippen molar-refractivity contribution >= 4 is 31.7 Å². The minimum atomic E-state index is -3.23. The number of sulfone groups is 1. The van der Waals surface area contributed by atoms with Crippen LogP contribution in [0.1, 0.15) is 11.3 Å². The fourth-order valence-electron chi connectivity index (χ4n) is 4.36. The second kappa shape index (κ2) is 8.31. The van der Waals surface area contributed by atoms with Gasteiger partial charge in [-0.3, -0.25) is 0 Å². The maximum Gasteiger partial charge on any atom is 0.336 e. The van der Waals surface area contributed by atoms with Gasteiger partial charge in [0.25, 0.3) is 0 Å². The molecule has 0 radical (unpaired) electrons. The zero-order chi connectivity index (χ0) is 24.9. The highest BCUT2D eigenvalue weighted by Crippen LogP contribution is 2.29. The summed E-state index contributed by atoms with van der Waals surface area (Å²) in [5.74, 6) is 0. The average Bonchev–Trinajstić information content (AvgIpc) is 3.50. The Morgan fingerprint density at radius 3 is 2.53 bits per heavy atom. The van der Waals surface area contributed by atoms with E-state index in [0.717, 1.165) is 33.1 Å². The largest absolute Gasteiger partial charge is 0.420 e. The van der Waals surface area contributed by atoms with Gasteiger partial charge in [-0.2, -0.15) is 0 Å². The van der Waals surface area contributed by atoms with Crippen molar-refractivity contribution in [3.63, 3.8) is 0 Å². The van der Waals surface area contributed by atoms with Gasteiger partial charge in [0, 0.05) is 40.8 Å². The van der Waals surface area contributed by atoms with E-state index in [1.807, 2.05) is 48.5 Å². The Labute approximate surface area is 205 Å². The maximum atomic E-state index is 11.8. The molecule has 0 atom stereocenters. The van der Waals surface area contributed by atoms with Crippen LogP contribution >= 0.6 is 0 Å². The van der Waals surface area contributed by atoms with E-state index < -0.39 is 15.5 Å². The summed E-state index contributed by atoms with van der Waals surface area (Å²) in [4.78, 5) is 15.6. The molecule has 3 heterocycles. The monoisotopic (exact) mass is 496 g/mol. The van der Waals surface area contributed by atoms with Gasteiger partial charge in [0.2, 0.25) is 0 Å². The minimum absolute atomic E-state index is 0.304. The fraction of sp³-hybridized carbons (Fsp3) is 0.0741. The van der Waals surface area contributed by atoms with E-state index in [1.54, 1.807) is 29.1 Å². The van der Waals surface area contributed by atoms with E-state index in [1.165, 1.54) is 12.3 Å². The molecule has 3 aromatic carbocycles. The van der Waals surface area contributed by atoms with Crippen LogP contribution in [0.25, 0.3) is 38.8 Å². The van der Waals surface area contributed by atoms with Crippen LogP contribution in [0.2, 0.25) is 0 Å². The Bertz CT molecular complexity index is 1920. The Kier molecular flexibility index (Phi) is 5.08. The number of aromatic nitrogens is 4. The molecule has 0 aliphatic heterocycles. The predicted molar refractivity (Wildman–Crippen MR) is 137 cm³/mol. The lowest BCUT2D eigenvalue weighted by Crippen LogP contribution is -2.00. The van der Waals surface area contributed by atoms with E-state index in [0.29, 0.717) is 28.3 Å². The molecule has 9 heteroatoms. The Morgan fingerprint density at radius 2 is 1.72 bits per heavy atom. The fourth-order valence-corrected chi connectivity index (χ4v) is 4.99. The molecule has 0 spiro atoms. The van der Waals surface area contributed by atoms with Gasteiger partial charge in [0.1, 0.15) is 11.4 Å². The first-order valence-corrected chi connectivity index (χ1v) is 13.1. The second-order valence-electron chi connectivity index (χ2n) is 8.66. The minimum Gasteiger partial charge on any atom is -0.420 e. The Morgan fingerprint density at radius 1 is 0.944 bits per heavy atom. The first-order valence-electron chi connectivity index (χ1n) is 11.2. The molecule has 6 rings (SSSR count). The number of hydrogen-bond donors (Lipinski definition) is 1. The van der Waals surface area contributed by atoms with Gasteiger partial charge >= 0.3 is 5.63 Å². The summed E-state index contributed by atoms with van der Waals surface area (Å²) >= 11 is 0. The number of H-pyrrole nitrogens is 1. The number of rotatable bonds is 5. The van der Waals surface area contributed by atoms with Crippen LogP contribution in [0.3, 0.4) is 0 Å². The lowest BCUT2D eigenvalue weighted by atomic mass is 10.1. The van der Waals surface area contributed by atoms with E-state index in [-0.39, 0.29) is 0 Å². The standard InChI is InChI=1S/C27H20N4O4S/c1-36(33,34)21-11-8-17(9-12-21)14-20-15-19-5-2-6-22(26(19)28-20)23-16-31(30-29-23)24-7-3-4-18-10-13-25(32)35-27(18)24/h2-13,15-16,28H,14H2,1H3. The maximum absolute atomic E-state index is 11.8. The van der Waals surface area contributed by atoms with Crippen LogP contribution in [-0.4, -0.2) is 34.7 Å². The second-order valence-corrected chi connectivity index (χ2v) is 10.7. The summed E-state index contributed by atoms with van der Waals surface area (Å²) < 4.78 is 30.5. The zero-order valence-electron chi connectivity index (χ0n) is 19.2. The molecular weight excluding hydrogens is 476 g/mol. The first kappa shape index (κ1) is 22.0. The van der Waals surface area contributed by atoms with Gasteiger partial charge in [-0.25, -0.2) is 17.9 Å². The molecule has 0 unspecified atom stereocenters. The SMILES string of the molecule is CS(=O)(=O)c1ccc(Cc2cc3cccc(-c4cn(-c5cccc6ccc(=O)oc56)nn4)c3[nH]2)cc1. The lowest BCUT2D eigenvalue weighted by molar-refractivity contribution is 0.557. The highest BCUT2D eigenvalue weighted by molar-refractivity contribution is 7.90. The number of hydrogen-bond acceptors (Lipinski definition) is 6. The molecular formula is C27H20N4O4S. The van der Waals surface area contributed by atoms with Crippen LogP contribution in [0.15, 0.2) is 99.2 Å². The van der Waals surface area contributed by atoms with Crippen LogP contribution in [0.4, 0.5) is 0 Å². The quantitative estimate of drug-likeness (QED) is 0.352. The molecule has 1 N–H and O–H groups in total. The van der Waals surface area contributed by atoms with Crippen molar-refractivity contribution < 1.29 is 12.8 Å². The summed E-state index contributed by atoms with van der Waals surface area (Å²) in [5, 5.41) is 10.5. The van der Waals surface area contributed by atoms with Gasteiger partial charge in [-0.15, -0.1) is 5.10 Å². The number of para-hydroxylation sites is 2. The summed E-state index contributed by atoms with van der Waals surface area (Å²) in [7, 11) is -3.23. The third kappa shape index (κ3) is 3.99. The Hall–Kier alpha value is -4.50. The van der Waals surface area contributed by atoms with Crippen molar-refractivity contribution in [2.24, 2.45) is 0 Å². The van der Waals surface area contributed by atoms with Gasteiger partial charge in [0.15, 0.2) is 15.4 Å². The van der Waals surface area contributed by atoms with Crippen LogP contribution in [0.5, 0.6) is 0 Å². The highest BCUT2D eigenvalue weighted by Gasteiger charge is 2.14. The van der Waals surface area contributed by atoms with E-state index in [4.69, 9.17) is 4.42 Å². The number of aromatic amines is 1. The predicted octanol–water partition coefficient (Wildman–Crippen LogP) is 4.52. The highest BCUT2D eigenvalue weighted by atomic mass is 32.2. The van der Waals surface area contributed by atoms with Crippen molar-refractivity contribution in [1.29, 1.82) is 0 Å². The first-order chi connectivity index (χ1) is 17.3. The topological polar surface area (TPSA) is 111 Å². The molecule has 178 valence electrons. The molecule has 36 heavy (non-hydrogen) atoms. The number of fused-ring (bicyclic) bond motifs is 2. The summed E-state index contributed by atoms with van der Waals surface area (Å²) in [6.45, 7) is 0. The van der Waals surface area contributed by atoms with Gasteiger partial charge < -0.3 is 9.40 Å². The smallest absolute Gasteiger partial charge is 0.336 e. The van der Waals surface area contributed by atoms with E-state index in [2.05, 4.69) is 21.4 Å². The Balaban J connectivity index is 1.35. The van der Waals surface area contributed by atoms with Crippen molar-refractivity contribution in [2.75, 3.05) is 6.26 Å². The van der Waals surface area contributed by atoms with Gasteiger partial charge in [-0.1, -0.05) is 47.7 Å². The van der Waals surface area contributed by atoms with E-state index >= 15 is 0 Å². The van der Waals surface area contributed by atoms with Gasteiger partial charge in [0.05, 0.1) is 16.6 Å². The molecule has 0 aliphatic rings. The molecule has 0 bridgehead atoms. The van der Waals surface area contributed by atoms with Crippen molar-refractivity contribution in [3.05, 3.63) is 107 Å². The third-order valence-electron chi connectivity index (χ3n) is 6.10. The molecule has 0 aliphatic carbocycles. The van der Waals surface area contributed by atoms with E-state index in [9.17, 15) is 13.2 Å². The summed E-state index contributed by atoms with van der Waals surface area (Å²) in [5.41, 5.74) is 5.12. The van der Waals surface area contributed by atoms with Crippen molar-refractivity contribution in [1.82, 2.24) is 20.0 Å². The summed E-state index contributed by atoms with van der Waals surface area (Å²) in [6, 6.07) is 23.6. The normalized spacial score (nSPS) is 11.9. The zero-order valence-corrected chi connectivity index (χ0v) is 20.0. The number of nitrogens with one attached hydrogen (secondary N) is 1. The molecule has 0 amide bonds. The molecule has 0 saturated carbocycles. The lowest BCUT2D eigenvalue weighted by Gasteiger charge is -2.03. The molecule has 8 nitrogen and oxygen atoms in total. The van der Waals surface area contributed by atoms with Gasteiger partial charge in [-0.05, 0) is 35.9 Å². The number of nitrogens with zero attached hydrogens (tertiary/aromatic N) is 3. The number of benzene rings is 3. The summed E-state index contributed by atoms with van der Waals surface area (Å²) in [6.07, 6.45) is 3.63. The average molecular weight is 497 g/mol. The van der Waals surface area contributed by atoms with Crippen LogP contribution in [0, 0.1) is 0 Å². The molecule has 0 saturated heterocycles.